The number of rotatable bonds is 6. The summed E-state index contributed by atoms with van der Waals surface area (Å²) in [4.78, 5) is 3.77. The summed E-state index contributed by atoms with van der Waals surface area (Å²) in [6, 6.07) is 15.9. The summed E-state index contributed by atoms with van der Waals surface area (Å²) in [7, 11) is 0. The van der Waals surface area contributed by atoms with Gasteiger partial charge in [0.25, 0.3) is 0 Å². The van der Waals surface area contributed by atoms with Crippen LogP contribution in [-0.4, -0.2) is 50.5 Å². The van der Waals surface area contributed by atoms with Gasteiger partial charge in [-0.25, -0.2) is 0 Å². The molecule has 2 N–H and O–H groups in total. The minimum absolute atomic E-state index is 0.340. The zero-order valence-corrected chi connectivity index (χ0v) is 15.4. The van der Waals surface area contributed by atoms with Gasteiger partial charge in [-0.15, -0.1) is 0 Å². The van der Waals surface area contributed by atoms with Gasteiger partial charge in [0.15, 0.2) is 0 Å². The fourth-order valence-corrected chi connectivity index (χ4v) is 3.44. The highest BCUT2D eigenvalue weighted by Crippen LogP contribution is 2.19. The molecule has 25 heavy (non-hydrogen) atoms. The summed E-state index contributed by atoms with van der Waals surface area (Å²) >= 11 is 6.08. The lowest BCUT2D eigenvalue weighted by atomic mass is 10.2. The zero-order chi connectivity index (χ0) is 17.6. The van der Waals surface area contributed by atoms with E-state index in [9.17, 15) is 5.11 Å². The molecule has 2 aromatic carbocycles. The first kappa shape index (κ1) is 18.1. The molecule has 134 valence electrons. The van der Waals surface area contributed by atoms with Crippen molar-refractivity contribution in [1.82, 2.24) is 0 Å². The number of aliphatic hydroxyl groups is 1. The Kier molecular flexibility index (Phi) is 6.19. The molecule has 2 aromatic rings. The van der Waals surface area contributed by atoms with Gasteiger partial charge >= 0.3 is 0 Å². The molecule has 0 amide bonds. The van der Waals surface area contributed by atoms with Crippen LogP contribution in [0.15, 0.2) is 48.5 Å². The van der Waals surface area contributed by atoms with E-state index in [2.05, 4.69) is 11.0 Å². The van der Waals surface area contributed by atoms with Crippen LogP contribution in [0.3, 0.4) is 0 Å². The van der Waals surface area contributed by atoms with Gasteiger partial charge in [-0.1, -0.05) is 35.9 Å². The van der Waals surface area contributed by atoms with E-state index in [1.54, 1.807) is 0 Å². The smallest absolute Gasteiger partial charge is 0.137 e. The number of para-hydroxylation sites is 1. The fraction of sp³-hybridized carbons (Fsp3) is 0.400. The third-order valence-electron chi connectivity index (χ3n) is 4.69. The van der Waals surface area contributed by atoms with E-state index in [1.165, 1.54) is 10.6 Å². The highest BCUT2D eigenvalue weighted by molar-refractivity contribution is 6.30. The van der Waals surface area contributed by atoms with E-state index >= 15 is 0 Å². The summed E-state index contributed by atoms with van der Waals surface area (Å²) in [6.45, 7) is 7.04. The Hall–Kier alpha value is -1.75. The third-order valence-corrected chi connectivity index (χ3v) is 4.93. The molecule has 1 aliphatic rings. The summed E-state index contributed by atoms with van der Waals surface area (Å²) in [6.07, 6.45) is -0.452. The normalized spacial score (nSPS) is 16.7. The van der Waals surface area contributed by atoms with Gasteiger partial charge in [-0.05, 0) is 36.8 Å². The van der Waals surface area contributed by atoms with Gasteiger partial charge in [0.2, 0.25) is 0 Å². The van der Waals surface area contributed by atoms with Crippen LogP contribution in [0, 0.1) is 6.92 Å². The molecule has 0 aromatic heterocycles. The van der Waals surface area contributed by atoms with Crippen LogP contribution in [0.1, 0.15) is 5.56 Å². The SMILES string of the molecule is Cc1ccccc1OC[C@H](O)C[NH+]1CCN(c2cccc(Cl)c2)CC1. The van der Waals surface area contributed by atoms with Crippen molar-refractivity contribution < 1.29 is 14.7 Å². The number of nitrogens with one attached hydrogen (secondary N) is 1. The number of ether oxygens (including phenoxy) is 1. The number of hydrogen-bond donors (Lipinski definition) is 2. The fourth-order valence-electron chi connectivity index (χ4n) is 3.25. The van der Waals surface area contributed by atoms with Crippen LogP contribution >= 0.6 is 11.6 Å². The second kappa shape index (κ2) is 8.56. The van der Waals surface area contributed by atoms with Gasteiger partial charge in [0.1, 0.15) is 25.0 Å². The van der Waals surface area contributed by atoms with E-state index in [-0.39, 0.29) is 0 Å². The number of quaternary nitrogens is 1. The summed E-state index contributed by atoms with van der Waals surface area (Å²) in [5.41, 5.74) is 2.27. The van der Waals surface area contributed by atoms with Gasteiger partial charge in [-0.3, -0.25) is 0 Å². The molecule has 0 bridgehead atoms. The number of halogens is 1. The van der Waals surface area contributed by atoms with Crippen LogP contribution in [0.25, 0.3) is 0 Å². The topological polar surface area (TPSA) is 37.1 Å². The standard InChI is InChI=1S/C20H25ClN2O2/c1-16-5-2-3-8-20(16)25-15-19(24)14-22-9-11-23(12-10-22)18-7-4-6-17(21)13-18/h2-8,13,19,24H,9-12,14-15H2,1H3/p+1/t19-/m1/s1. The Morgan fingerprint density at radius 2 is 1.92 bits per heavy atom. The molecule has 1 saturated heterocycles. The van der Waals surface area contributed by atoms with Gasteiger partial charge in [0, 0.05) is 10.7 Å². The number of piperazine rings is 1. The van der Waals surface area contributed by atoms with E-state index in [0.717, 1.165) is 49.1 Å². The van der Waals surface area contributed by atoms with Crippen LogP contribution in [0.2, 0.25) is 5.02 Å². The molecule has 0 aliphatic carbocycles. The number of nitrogens with zero attached hydrogens (tertiary/aromatic N) is 1. The summed E-state index contributed by atoms with van der Waals surface area (Å²) < 4.78 is 5.76. The van der Waals surface area contributed by atoms with E-state index in [4.69, 9.17) is 16.3 Å². The first-order valence-corrected chi connectivity index (χ1v) is 9.20. The highest BCUT2D eigenvalue weighted by Gasteiger charge is 2.23. The Bertz CT molecular complexity index is 687. The Morgan fingerprint density at radius 1 is 1.16 bits per heavy atom. The molecule has 0 radical (unpaired) electrons. The van der Waals surface area contributed by atoms with Gasteiger partial charge in [0.05, 0.1) is 26.2 Å². The molecule has 1 aliphatic heterocycles. The van der Waals surface area contributed by atoms with Crippen LogP contribution in [-0.2, 0) is 0 Å². The second-order valence-corrected chi connectivity index (χ2v) is 7.09. The first-order chi connectivity index (χ1) is 12.1. The van der Waals surface area contributed by atoms with Crippen LogP contribution in [0.5, 0.6) is 5.75 Å². The van der Waals surface area contributed by atoms with Crippen LogP contribution < -0.4 is 14.5 Å². The lowest BCUT2D eigenvalue weighted by molar-refractivity contribution is -0.903. The van der Waals surface area contributed by atoms with E-state index < -0.39 is 6.10 Å². The summed E-state index contributed by atoms with van der Waals surface area (Å²) in [5.74, 6) is 0.849. The number of aliphatic hydroxyl groups excluding tert-OH is 1. The molecule has 5 heteroatoms. The maximum absolute atomic E-state index is 10.3. The molecular weight excluding hydrogens is 336 g/mol. The molecule has 0 saturated carbocycles. The van der Waals surface area contributed by atoms with Crippen molar-refractivity contribution in [3.63, 3.8) is 0 Å². The van der Waals surface area contributed by atoms with Crippen LogP contribution in [0.4, 0.5) is 5.69 Å². The average Bonchev–Trinajstić information content (AvgIpc) is 2.62. The lowest BCUT2D eigenvalue weighted by Gasteiger charge is -2.34. The number of aryl methyl sites for hydroxylation is 1. The predicted molar refractivity (Wildman–Crippen MR) is 102 cm³/mol. The molecule has 1 heterocycles. The average molecular weight is 362 g/mol. The largest absolute Gasteiger partial charge is 0.490 e. The van der Waals surface area contributed by atoms with Crippen molar-refractivity contribution >= 4 is 17.3 Å². The molecule has 4 nitrogen and oxygen atoms in total. The number of hydrogen-bond acceptors (Lipinski definition) is 3. The Balaban J connectivity index is 1.43. The monoisotopic (exact) mass is 361 g/mol. The maximum Gasteiger partial charge on any atom is 0.137 e. The number of benzene rings is 2. The molecule has 0 unspecified atom stereocenters. The van der Waals surface area contributed by atoms with Crippen molar-refractivity contribution in [3.8, 4) is 5.75 Å². The van der Waals surface area contributed by atoms with E-state index in [1.807, 2.05) is 49.4 Å². The minimum atomic E-state index is -0.452. The van der Waals surface area contributed by atoms with Gasteiger partial charge in [-0.2, -0.15) is 0 Å². The summed E-state index contributed by atoms with van der Waals surface area (Å²) in [5, 5.41) is 11.1. The van der Waals surface area contributed by atoms with Crippen molar-refractivity contribution in [2.24, 2.45) is 0 Å². The van der Waals surface area contributed by atoms with Gasteiger partial charge < -0.3 is 19.6 Å². The number of anilines is 1. The second-order valence-electron chi connectivity index (χ2n) is 6.65. The quantitative estimate of drug-likeness (QED) is 0.823. The molecule has 3 rings (SSSR count). The molecule has 1 fully saturated rings. The van der Waals surface area contributed by atoms with Crippen molar-refractivity contribution in [1.29, 1.82) is 0 Å². The molecule has 0 spiro atoms. The Morgan fingerprint density at radius 3 is 2.64 bits per heavy atom. The first-order valence-electron chi connectivity index (χ1n) is 8.82. The van der Waals surface area contributed by atoms with Crippen molar-refractivity contribution in [3.05, 3.63) is 59.1 Å². The zero-order valence-electron chi connectivity index (χ0n) is 14.6. The molecule has 1 atom stereocenters. The minimum Gasteiger partial charge on any atom is -0.490 e. The predicted octanol–water partition coefficient (Wildman–Crippen LogP) is 1.79. The third kappa shape index (κ3) is 5.11. The lowest BCUT2D eigenvalue weighted by Crippen LogP contribution is -3.16. The highest BCUT2D eigenvalue weighted by atomic mass is 35.5. The van der Waals surface area contributed by atoms with Crippen molar-refractivity contribution in [2.75, 3.05) is 44.2 Å². The van der Waals surface area contributed by atoms with E-state index in [0.29, 0.717) is 6.61 Å². The Labute approximate surface area is 154 Å². The maximum atomic E-state index is 10.3. The molecular formula is C20H26ClN2O2+. The van der Waals surface area contributed by atoms with Crippen molar-refractivity contribution in [2.45, 2.75) is 13.0 Å².